The Hall–Kier alpha value is -3.98. The topological polar surface area (TPSA) is 91.0 Å². The third-order valence-corrected chi connectivity index (χ3v) is 5.52. The second-order valence-electron chi connectivity index (χ2n) is 7.56. The van der Waals surface area contributed by atoms with E-state index in [4.69, 9.17) is 16.3 Å². The van der Waals surface area contributed by atoms with Crippen LogP contribution in [0.5, 0.6) is 0 Å². The van der Waals surface area contributed by atoms with Crippen molar-refractivity contribution in [3.63, 3.8) is 0 Å². The van der Waals surface area contributed by atoms with Crippen molar-refractivity contribution in [2.75, 3.05) is 11.9 Å². The molecule has 1 N–H and O–H groups in total. The summed E-state index contributed by atoms with van der Waals surface area (Å²) >= 11 is 6.34. The molecule has 2 aromatic heterocycles. The summed E-state index contributed by atoms with van der Waals surface area (Å²) < 4.78 is 21.4. The number of hydrogen-bond donors (Lipinski definition) is 1. The van der Waals surface area contributed by atoms with E-state index in [1.54, 1.807) is 18.5 Å². The highest BCUT2D eigenvalue weighted by molar-refractivity contribution is 6.33. The number of nitrogens with zero attached hydrogens (tertiary/aromatic N) is 4. The molecule has 0 fully saturated rings. The molecular weight excluding hydrogens is 461 g/mol. The Morgan fingerprint density at radius 1 is 0.941 bits per heavy atom. The number of carbonyl (C=O) groups is 2. The SMILES string of the molecule is Cc1nn(-c2ccccc2)c(C)c1NC(=O)COC(=O)c1c(C)nn(-c2ccc(F)cc2)c1Cl. The molecular formula is C24H21ClFN5O3. The molecule has 4 aromatic rings. The second-order valence-corrected chi connectivity index (χ2v) is 7.91. The van der Waals surface area contributed by atoms with Crippen molar-refractivity contribution >= 4 is 29.2 Å². The Morgan fingerprint density at radius 3 is 2.24 bits per heavy atom. The third kappa shape index (κ3) is 4.55. The molecule has 4 rings (SSSR count). The van der Waals surface area contributed by atoms with E-state index in [0.717, 1.165) is 11.4 Å². The quantitative estimate of drug-likeness (QED) is 0.407. The van der Waals surface area contributed by atoms with E-state index in [1.165, 1.54) is 28.9 Å². The van der Waals surface area contributed by atoms with E-state index in [0.29, 0.717) is 22.8 Å². The molecule has 174 valence electrons. The van der Waals surface area contributed by atoms with Crippen LogP contribution in [-0.2, 0) is 9.53 Å². The lowest BCUT2D eigenvalue weighted by molar-refractivity contribution is -0.119. The molecule has 0 bridgehead atoms. The molecule has 0 aliphatic rings. The van der Waals surface area contributed by atoms with Gasteiger partial charge < -0.3 is 10.1 Å². The van der Waals surface area contributed by atoms with Gasteiger partial charge in [0.1, 0.15) is 16.5 Å². The number of halogens is 2. The van der Waals surface area contributed by atoms with Crippen LogP contribution in [0, 0.1) is 26.6 Å². The minimum atomic E-state index is -0.792. The summed E-state index contributed by atoms with van der Waals surface area (Å²) in [5, 5.41) is 11.5. The normalized spacial score (nSPS) is 10.9. The number of hydrogen-bond acceptors (Lipinski definition) is 5. The minimum Gasteiger partial charge on any atom is -0.452 e. The maximum atomic E-state index is 13.2. The highest BCUT2D eigenvalue weighted by atomic mass is 35.5. The smallest absolute Gasteiger partial charge is 0.343 e. The Balaban J connectivity index is 1.45. The van der Waals surface area contributed by atoms with Crippen molar-refractivity contribution < 1.29 is 18.7 Å². The number of benzene rings is 2. The van der Waals surface area contributed by atoms with Crippen molar-refractivity contribution in [2.45, 2.75) is 20.8 Å². The molecule has 2 heterocycles. The van der Waals surface area contributed by atoms with Crippen LogP contribution in [0.15, 0.2) is 54.6 Å². The monoisotopic (exact) mass is 481 g/mol. The molecule has 0 radical (unpaired) electrons. The highest BCUT2D eigenvalue weighted by Crippen LogP contribution is 2.25. The molecule has 1 amide bonds. The lowest BCUT2D eigenvalue weighted by atomic mass is 10.2. The van der Waals surface area contributed by atoms with Crippen molar-refractivity contribution in [1.82, 2.24) is 19.6 Å². The predicted octanol–water partition coefficient (Wildman–Crippen LogP) is 4.57. The van der Waals surface area contributed by atoms with E-state index >= 15 is 0 Å². The Kier molecular flexibility index (Phi) is 6.47. The van der Waals surface area contributed by atoms with Gasteiger partial charge in [0.05, 0.1) is 34.1 Å². The zero-order valence-electron chi connectivity index (χ0n) is 18.7. The molecule has 0 saturated heterocycles. The summed E-state index contributed by atoms with van der Waals surface area (Å²) in [6.07, 6.45) is 0. The first-order valence-corrected chi connectivity index (χ1v) is 10.7. The van der Waals surface area contributed by atoms with Gasteiger partial charge in [-0.3, -0.25) is 4.79 Å². The lowest BCUT2D eigenvalue weighted by Gasteiger charge is -2.08. The third-order valence-electron chi connectivity index (χ3n) is 5.17. The van der Waals surface area contributed by atoms with Gasteiger partial charge in [0.15, 0.2) is 6.61 Å². The number of nitrogens with one attached hydrogen (secondary N) is 1. The van der Waals surface area contributed by atoms with Gasteiger partial charge in [-0.1, -0.05) is 29.8 Å². The standard InChI is InChI=1S/C24H21ClFN5O3/c1-14-21(23(25)31(28-14)19-11-9-17(26)10-12-19)24(33)34-13-20(32)27-22-15(2)29-30(16(22)3)18-7-5-4-6-8-18/h4-12H,13H2,1-3H3,(H,27,32). The number of carbonyl (C=O) groups excluding carboxylic acids is 2. The van der Waals surface area contributed by atoms with E-state index in [9.17, 15) is 14.0 Å². The lowest BCUT2D eigenvalue weighted by Crippen LogP contribution is -2.22. The van der Waals surface area contributed by atoms with Gasteiger partial charge in [-0.25, -0.2) is 18.5 Å². The first kappa shape index (κ1) is 23.2. The molecule has 0 aliphatic heterocycles. The average molecular weight is 482 g/mol. The van der Waals surface area contributed by atoms with Crippen molar-refractivity contribution in [3.05, 3.63) is 88.2 Å². The summed E-state index contributed by atoms with van der Waals surface area (Å²) in [5.74, 6) is -1.72. The molecule has 0 aliphatic carbocycles. The highest BCUT2D eigenvalue weighted by Gasteiger charge is 2.24. The van der Waals surface area contributed by atoms with Crippen molar-refractivity contribution in [1.29, 1.82) is 0 Å². The number of anilines is 1. The van der Waals surface area contributed by atoms with Crippen LogP contribution in [0.25, 0.3) is 11.4 Å². The predicted molar refractivity (Wildman–Crippen MR) is 125 cm³/mol. The number of rotatable bonds is 6. The van der Waals surface area contributed by atoms with E-state index in [1.807, 2.05) is 37.3 Å². The number of para-hydroxylation sites is 1. The first-order chi connectivity index (χ1) is 16.3. The zero-order chi connectivity index (χ0) is 24.4. The van der Waals surface area contributed by atoms with Gasteiger partial charge in [0.2, 0.25) is 0 Å². The Morgan fingerprint density at radius 2 is 1.56 bits per heavy atom. The fraction of sp³-hybridized carbons (Fsp3) is 0.167. The van der Waals surface area contributed by atoms with Crippen LogP contribution in [0.4, 0.5) is 10.1 Å². The maximum Gasteiger partial charge on any atom is 0.343 e. The van der Waals surface area contributed by atoms with Gasteiger partial charge in [-0.05, 0) is 57.2 Å². The van der Waals surface area contributed by atoms with E-state index < -0.39 is 24.3 Å². The van der Waals surface area contributed by atoms with Crippen LogP contribution in [-0.4, -0.2) is 38.0 Å². The summed E-state index contributed by atoms with van der Waals surface area (Å²) in [5.41, 5.74) is 3.59. The van der Waals surface area contributed by atoms with Gasteiger partial charge >= 0.3 is 5.97 Å². The van der Waals surface area contributed by atoms with Crippen molar-refractivity contribution in [2.24, 2.45) is 0 Å². The molecule has 8 nitrogen and oxygen atoms in total. The van der Waals surface area contributed by atoms with Crippen LogP contribution in [0.2, 0.25) is 5.15 Å². The number of ether oxygens (including phenoxy) is 1. The number of aromatic nitrogens is 4. The Bertz CT molecular complexity index is 1360. The molecule has 10 heteroatoms. The molecule has 0 unspecified atom stereocenters. The fourth-order valence-electron chi connectivity index (χ4n) is 3.51. The summed E-state index contributed by atoms with van der Waals surface area (Å²) in [4.78, 5) is 25.2. The molecule has 34 heavy (non-hydrogen) atoms. The number of esters is 1. The van der Waals surface area contributed by atoms with Gasteiger partial charge in [-0.2, -0.15) is 10.2 Å². The van der Waals surface area contributed by atoms with Gasteiger partial charge in [0, 0.05) is 0 Å². The summed E-state index contributed by atoms with van der Waals surface area (Å²) in [6, 6.07) is 15.0. The minimum absolute atomic E-state index is 0.00495. The molecule has 0 atom stereocenters. The number of amides is 1. The average Bonchev–Trinajstić information content (AvgIpc) is 3.28. The number of aryl methyl sites for hydroxylation is 2. The fourth-order valence-corrected chi connectivity index (χ4v) is 3.86. The van der Waals surface area contributed by atoms with Crippen molar-refractivity contribution in [3.8, 4) is 11.4 Å². The second kappa shape index (κ2) is 9.48. The van der Waals surface area contributed by atoms with Crippen LogP contribution in [0.1, 0.15) is 27.4 Å². The van der Waals surface area contributed by atoms with Crippen LogP contribution < -0.4 is 5.32 Å². The van der Waals surface area contributed by atoms with Gasteiger partial charge in [-0.15, -0.1) is 0 Å². The van der Waals surface area contributed by atoms with Crippen LogP contribution >= 0.6 is 11.6 Å². The van der Waals surface area contributed by atoms with Crippen LogP contribution in [0.3, 0.4) is 0 Å². The molecule has 2 aromatic carbocycles. The molecule has 0 saturated carbocycles. The van der Waals surface area contributed by atoms with E-state index in [-0.39, 0.29) is 10.7 Å². The first-order valence-electron chi connectivity index (χ1n) is 10.4. The summed E-state index contributed by atoms with van der Waals surface area (Å²) in [7, 11) is 0. The Labute approximate surface area is 199 Å². The van der Waals surface area contributed by atoms with E-state index in [2.05, 4.69) is 15.5 Å². The van der Waals surface area contributed by atoms with Gasteiger partial charge in [0.25, 0.3) is 5.91 Å². The largest absolute Gasteiger partial charge is 0.452 e. The maximum absolute atomic E-state index is 13.2. The molecule has 0 spiro atoms. The summed E-state index contributed by atoms with van der Waals surface area (Å²) in [6.45, 7) is 4.68. The zero-order valence-corrected chi connectivity index (χ0v) is 19.4.